The molecule has 0 aromatic heterocycles. The molecule has 1 fully saturated rings. The van der Waals surface area contributed by atoms with Crippen molar-refractivity contribution >= 4 is 11.6 Å². The molecule has 0 amide bonds. The van der Waals surface area contributed by atoms with Crippen molar-refractivity contribution < 1.29 is 9.84 Å². The first-order valence-corrected chi connectivity index (χ1v) is 6.66. The summed E-state index contributed by atoms with van der Waals surface area (Å²) in [5.41, 5.74) is 6.89. The van der Waals surface area contributed by atoms with Gasteiger partial charge in [-0.05, 0) is 25.0 Å². The second kappa shape index (κ2) is 7.11. The van der Waals surface area contributed by atoms with Crippen LogP contribution in [0.15, 0.2) is 35.3 Å². The Bertz CT molecular complexity index is 400. The zero-order valence-corrected chi connectivity index (χ0v) is 11.0. The zero-order chi connectivity index (χ0) is 13.5. The smallest absolute Gasteiger partial charge is 0.196 e. The maximum absolute atomic E-state index is 8.73. The SMILES string of the molecule is NC(=Nc1ccccc1)N1CCC(OCCO)CC1. The molecule has 0 atom stereocenters. The zero-order valence-electron chi connectivity index (χ0n) is 11.0. The van der Waals surface area contributed by atoms with E-state index in [0.29, 0.717) is 12.6 Å². The van der Waals surface area contributed by atoms with Crippen LogP contribution in [0.5, 0.6) is 0 Å². The van der Waals surface area contributed by atoms with Gasteiger partial charge < -0.3 is 20.5 Å². The van der Waals surface area contributed by atoms with Gasteiger partial charge in [0.25, 0.3) is 0 Å². The number of hydrogen-bond donors (Lipinski definition) is 2. The van der Waals surface area contributed by atoms with Gasteiger partial charge in [-0.25, -0.2) is 4.99 Å². The van der Waals surface area contributed by atoms with Gasteiger partial charge in [0.15, 0.2) is 5.96 Å². The van der Waals surface area contributed by atoms with Crippen LogP contribution in [0.25, 0.3) is 0 Å². The van der Waals surface area contributed by atoms with Gasteiger partial charge in [0.1, 0.15) is 0 Å². The summed E-state index contributed by atoms with van der Waals surface area (Å²) in [6, 6.07) is 9.72. The number of ether oxygens (including phenoxy) is 1. The molecular formula is C14H21N3O2. The third-order valence-electron chi connectivity index (χ3n) is 3.21. The number of piperidine rings is 1. The molecule has 0 radical (unpaired) electrons. The lowest BCUT2D eigenvalue weighted by Crippen LogP contribution is -2.44. The summed E-state index contributed by atoms with van der Waals surface area (Å²) in [5.74, 6) is 0.562. The predicted octanol–water partition coefficient (Wildman–Crippen LogP) is 1.11. The fourth-order valence-electron chi connectivity index (χ4n) is 2.18. The van der Waals surface area contributed by atoms with Crippen molar-refractivity contribution in [1.29, 1.82) is 0 Å². The van der Waals surface area contributed by atoms with E-state index in [2.05, 4.69) is 9.89 Å². The molecule has 19 heavy (non-hydrogen) atoms. The highest BCUT2D eigenvalue weighted by molar-refractivity contribution is 5.81. The molecule has 0 saturated carbocycles. The van der Waals surface area contributed by atoms with Crippen LogP contribution >= 0.6 is 0 Å². The lowest BCUT2D eigenvalue weighted by molar-refractivity contribution is 0.00150. The molecular weight excluding hydrogens is 242 g/mol. The number of nitrogens with two attached hydrogens (primary N) is 1. The van der Waals surface area contributed by atoms with Crippen LogP contribution in [0.3, 0.4) is 0 Å². The number of likely N-dealkylation sites (tertiary alicyclic amines) is 1. The summed E-state index contributed by atoms with van der Waals surface area (Å²) in [6.45, 7) is 2.19. The topological polar surface area (TPSA) is 71.1 Å². The molecule has 0 spiro atoms. The Labute approximate surface area is 113 Å². The van der Waals surface area contributed by atoms with Crippen LogP contribution in [-0.2, 0) is 4.74 Å². The first kappa shape index (κ1) is 13.8. The minimum atomic E-state index is 0.0812. The number of aliphatic hydroxyl groups is 1. The minimum Gasteiger partial charge on any atom is -0.394 e. The van der Waals surface area contributed by atoms with E-state index in [0.717, 1.165) is 31.6 Å². The second-order valence-corrected chi connectivity index (χ2v) is 4.59. The van der Waals surface area contributed by atoms with Crippen molar-refractivity contribution in [2.24, 2.45) is 10.7 Å². The van der Waals surface area contributed by atoms with Crippen molar-refractivity contribution in [1.82, 2.24) is 4.90 Å². The molecule has 1 aliphatic heterocycles. The van der Waals surface area contributed by atoms with Gasteiger partial charge in [0.05, 0.1) is 25.0 Å². The van der Waals surface area contributed by atoms with E-state index >= 15 is 0 Å². The molecule has 0 unspecified atom stereocenters. The summed E-state index contributed by atoms with van der Waals surface area (Å²) < 4.78 is 5.52. The third kappa shape index (κ3) is 4.22. The molecule has 0 bridgehead atoms. The van der Waals surface area contributed by atoms with Crippen molar-refractivity contribution in [3.8, 4) is 0 Å². The molecule has 104 valence electrons. The monoisotopic (exact) mass is 263 g/mol. The molecule has 1 heterocycles. The predicted molar refractivity (Wildman–Crippen MR) is 75.4 cm³/mol. The lowest BCUT2D eigenvalue weighted by atomic mass is 10.1. The Morgan fingerprint density at radius 1 is 1.32 bits per heavy atom. The lowest BCUT2D eigenvalue weighted by Gasteiger charge is -2.32. The van der Waals surface area contributed by atoms with E-state index < -0.39 is 0 Å². The Morgan fingerprint density at radius 3 is 2.63 bits per heavy atom. The maximum atomic E-state index is 8.73. The minimum absolute atomic E-state index is 0.0812. The van der Waals surface area contributed by atoms with Crippen LogP contribution < -0.4 is 5.73 Å². The quantitative estimate of drug-likeness (QED) is 0.630. The second-order valence-electron chi connectivity index (χ2n) is 4.59. The fraction of sp³-hybridized carbons (Fsp3) is 0.500. The Balaban J connectivity index is 1.85. The Hall–Kier alpha value is -1.59. The summed E-state index contributed by atoms with van der Waals surface area (Å²) in [4.78, 5) is 6.48. The number of guanidine groups is 1. The van der Waals surface area contributed by atoms with E-state index in [9.17, 15) is 0 Å². The molecule has 1 aromatic rings. The van der Waals surface area contributed by atoms with E-state index in [-0.39, 0.29) is 12.7 Å². The van der Waals surface area contributed by atoms with Gasteiger partial charge in [0.2, 0.25) is 0 Å². The summed E-state index contributed by atoms with van der Waals surface area (Å²) in [6.07, 6.45) is 2.07. The van der Waals surface area contributed by atoms with E-state index in [1.807, 2.05) is 30.3 Å². The normalized spacial score (nSPS) is 17.7. The highest BCUT2D eigenvalue weighted by Gasteiger charge is 2.20. The molecule has 3 N–H and O–H groups in total. The summed E-state index contributed by atoms with van der Waals surface area (Å²) in [7, 11) is 0. The summed E-state index contributed by atoms with van der Waals surface area (Å²) in [5, 5.41) is 8.73. The fourth-order valence-corrected chi connectivity index (χ4v) is 2.18. The van der Waals surface area contributed by atoms with Crippen molar-refractivity contribution in [3.63, 3.8) is 0 Å². The van der Waals surface area contributed by atoms with Gasteiger partial charge >= 0.3 is 0 Å². The van der Waals surface area contributed by atoms with Crippen molar-refractivity contribution in [2.75, 3.05) is 26.3 Å². The van der Waals surface area contributed by atoms with Crippen LogP contribution in [0, 0.1) is 0 Å². The van der Waals surface area contributed by atoms with Crippen LogP contribution in [0.1, 0.15) is 12.8 Å². The molecule has 2 rings (SSSR count). The molecule has 1 aromatic carbocycles. The Morgan fingerprint density at radius 2 is 2.00 bits per heavy atom. The molecule has 5 heteroatoms. The summed E-state index contributed by atoms with van der Waals surface area (Å²) >= 11 is 0. The maximum Gasteiger partial charge on any atom is 0.196 e. The van der Waals surface area contributed by atoms with Gasteiger partial charge in [-0.3, -0.25) is 0 Å². The largest absolute Gasteiger partial charge is 0.394 e. The number of para-hydroxylation sites is 1. The van der Waals surface area contributed by atoms with Gasteiger partial charge in [-0.2, -0.15) is 0 Å². The van der Waals surface area contributed by atoms with Gasteiger partial charge in [0, 0.05) is 13.1 Å². The number of rotatable bonds is 4. The van der Waals surface area contributed by atoms with Crippen LogP contribution in [-0.4, -0.2) is 48.4 Å². The van der Waals surface area contributed by atoms with Gasteiger partial charge in [-0.1, -0.05) is 18.2 Å². The highest BCUT2D eigenvalue weighted by Crippen LogP contribution is 2.15. The first-order chi connectivity index (χ1) is 9.29. The van der Waals surface area contributed by atoms with E-state index in [1.165, 1.54) is 0 Å². The van der Waals surface area contributed by atoms with E-state index in [1.54, 1.807) is 0 Å². The average molecular weight is 263 g/mol. The molecule has 1 aliphatic rings. The number of benzene rings is 1. The van der Waals surface area contributed by atoms with Crippen LogP contribution in [0.4, 0.5) is 5.69 Å². The number of aliphatic hydroxyl groups excluding tert-OH is 1. The van der Waals surface area contributed by atoms with Crippen molar-refractivity contribution in [3.05, 3.63) is 30.3 Å². The first-order valence-electron chi connectivity index (χ1n) is 6.66. The number of aliphatic imine (C=N–C) groups is 1. The molecule has 5 nitrogen and oxygen atoms in total. The van der Waals surface area contributed by atoms with Gasteiger partial charge in [-0.15, -0.1) is 0 Å². The standard InChI is InChI=1S/C14H21N3O2/c15-14(16-12-4-2-1-3-5-12)17-8-6-13(7-9-17)19-11-10-18/h1-5,13,18H,6-11H2,(H2,15,16). The average Bonchev–Trinajstić information content (AvgIpc) is 2.46. The van der Waals surface area contributed by atoms with Crippen molar-refractivity contribution in [2.45, 2.75) is 18.9 Å². The van der Waals surface area contributed by atoms with E-state index in [4.69, 9.17) is 15.6 Å². The molecule has 0 aliphatic carbocycles. The Kier molecular flexibility index (Phi) is 5.18. The highest BCUT2D eigenvalue weighted by atomic mass is 16.5. The van der Waals surface area contributed by atoms with Crippen LogP contribution in [0.2, 0.25) is 0 Å². The number of hydrogen-bond acceptors (Lipinski definition) is 3. The third-order valence-corrected chi connectivity index (χ3v) is 3.21. The number of nitrogens with zero attached hydrogens (tertiary/aromatic N) is 2. The molecule has 1 saturated heterocycles.